The lowest BCUT2D eigenvalue weighted by molar-refractivity contribution is 0.0182. The van der Waals surface area contributed by atoms with E-state index in [4.69, 9.17) is 10.5 Å². The summed E-state index contributed by atoms with van der Waals surface area (Å²) in [5.41, 5.74) is 5.97. The van der Waals surface area contributed by atoms with Crippen LogP contribution in [0.15, 0.2) is 0 Å². The topological polar surface area (TPSA) is 78.9 Å². The molecular formula is C9H17N5O. The Morgan fingerprint density at radius 1 is 1.47 bits per heavy atom. The van der Waals surface area contributed by atoms with Gasteiger partial charge in [-0.05, 0) is 30.0 Å². The average Bonchev–Trinajstić information content (AvgIpc) is 2.65. The van der Waals surface area contributed by atoms with E-state index in [9.17, 15) is 0 Å². The van der Waals surface area contributed by atoms with Gasteiger partial charge in [0.05, 0.1) is 7.05 Å². The van der Waals surface area contributed by atoms with E-state index in [1.54, 1.807) is 7.05 Å². The summed E-state index contributed by atoms with van der Waals surface area (Å²) in [5, 5.41) is 12.0. The van der Waals surface area contributed by atoms with Crippen LogP contribution in [0.3, 0.4) is 0 Å². The number of ether oxygens (including phenoxy) is 1. The van der Waals surface area contributed by atoms with Crippen LogP contribution < -0.4 is 5.73 Å². The van der Waals surface area contributed by atoms with E-state index in [0.29, 0.717) is 6.54 Å². The Morgan fingerprint density at radius 3 is 2.73 bits per heavy atom. The second-order valence-electron chi connectivity index (χ2n) is 4.19. The van der Waals surface area contributed by atoms with Crippen molar-refractivity contribution in [3.05, 3.63) is 5.82 Å². The maximum absolute atomic E-state index is 5.85. The minimum atomic E-state index is 0.112. The molecule has 1 aliphatic heterocycles. The lowest BCUT2D eigenvalue weighted by atomic mass is 9.77. The van der Waals surface area contributed by atoms with Crippen molar-refractivity contribution in [2.24, 2.45) is 18.2 Å². The highest BCUT2D eigenvalue weighted by molar-refractivity contribution is 4.92. The minimum absolute atomic E-state index is 0.112. The van der Waals surface area contributed by atoms with Crippen LogP contribution in [-0.2, 0) is 18.2 Å². The van der Waals surface area contributed by atoms with Gasteiger partial charge < -0.3 is 10.5 Å². The third-order valence-corrected chi connectivity index (χ3v) is 3.07. The van der Waals surface area contributed by atoms with E-state index >= 15 is 0 Å². The molecule has 6 heteroatoms. The lowest BCUT2D eigenvalue weighted by Crippen LogP contribution is -2.38. The SMILES string of the molecule is Cn1nnc(CC2(CN)CCOCC2)n1. The molecule has 1 fully saturated rings. The van der Waals surface area contributed by atoms with Crippen LogP contribution in [0.4, 0.5) is 0 Å². The number of tetrazole rings is 1. The molecule has 2 rings (SSSR count). The average molecular weight is 211 g/mol. The Kier molecular flexibility index (Phi) is 2.97. The monoisotopic (exact) mass is 211 g/mol. The summed E-state index contributed by atoms with van der Waals surface area (Å²) in [6.45, 7) is 2.24. The molecule has 1 aliphatic rings. The molecule has 0 unspecified atom stereocenters. The van der Waals surface area contributed by atoms with Gasteiger partial charge in [-0.2, -0.15) is 4.80 Å². The first-order valence-corrected chi connectivity index (χ1v) is 5.25. The van der Waals surface area contributed by atoms with E-state index in [1.807, 2.05) is 0 Å². The van der Waals surface area contributed by atoms with Crippen LogP contribution in [0.1, 0.15) is 18.7 Å². The molecular weight excluding hydrogens is 194 g/mol. The molecule has 0 bridgehead atoms. The molecule has 6 nitrogen and oxygen atoms in total. The molecule has 1 aromatic heterocycles. The third kappa shape index (κ3) is 2.32. The molecule has 0 aromatic carbocycles. The molecule has 0 saturated carbocycles. The number of aromatic nitrogens is 4. The van der Waals surface area contributed by atoms with Crippen LogP contribution in [0.25, 0.3) is 0 Å². The van der Waals surface area contributed by atoms with Crippen molar-refractivity contribution in [3.63, 3.8) is 0 Å². The van der Waals surface area contributed by atoms with E-state index in [2.05, 4.69) is 15.4 Å². The van der Waals surface area contributed by atoms with Crippen molar-refractivity contribution < 1.29 is 4.74 Å². The summed E-state index contributed by atoms with van der Waals surface area (Å²) in [6, 6.07) is 0. The van der Waals surface area contributed by atoms with Gasteiger partial charge in [-0.15, -0.1) is 10.2 Å². The molecule has 1 aromatic rings. The second-order valence-corrected chi connectivity index (χ2v) is 4.19. The predicted molar refractivity (Wildman–Crippen MR) is 54.0 cm³/mol. The Balaban J connectivity index is 2.06. The van der Waals surface area contributed by atoms with Crippen LogP contribution in [0.2, 0.25) is 0 Å². The van der Waals surface area contributed by atoms with Gasteiger partial charge in [0.15, 0.2) is 5.82 Å². The molecule has 84 valence electrons. The molecule has 0 amide bonds. The zero-order valence-electron chi connectivity index (χ0n) is 9.02. The third-order valence-electron chi connectivity index (χ3n) is 3.07. The Bertz CT molecular complexity index is 318. The van der Waals surface area contributed by atoms with Crippen molar-refractivity contribution in [1.82, 2.24) is 20.2 Å². The number of hydrogen-bond acceptors (Lipinski definition) is 5. The maximum atomic E-state index is 5.85. The summed E-state index contributed by atoms with van der Waals surface area (Å²) < 4.78 is 5.35. The fourth-order valence-corrected chi connectivity index (χ4v) is 1.99. The van der Waals surface area contributed by atoms with Gasteiger partial charge >= 0.3 is 0 Å². The van der Waals surface area contributed by atoms with E-state index in [-0.39, 0.29) is 5.41 Å². The predicted octanol–water partition coefficient (Wildman–Crippen LogP) is -0.492. The van der Waals surface area contributed by atoms with Gasteiger partial charge in [-0.3, -0.25) is 0 Å². The highest BCUT2D eigenvalue weighted by Crippen LogP contribution is 2.32. The zero-order chi connectivity index (χ0) is 10.7. The van der Waals surface area contributed by atoms with Crippen LogP contribution in [-0.4, -0.2) is 40.0 Å². The summed E-state index contributed by atoms with van der Waals surface area (Å²) >= 11 is 0. The first kappa shape index (κ1) is 10.5. The van der Waals surface area contributed by atoms with Crippen LogP contribution >= 0.6 is 0 Å². The molecule has 0 radical (unpaired) electrons. The number of rotatable bonds is 3. The van der Waals surface area contributed by atoms with Crippen molar-refractivity contribution in [3.8, 4) is 0 Å². The van der Waals surface area contributed by atoms with Gasteiger partial charge in [0.1, 0.15) is 0 Å². The number of nitrogens with zero attached hydrogens (tertiary/aromatic N) is 4. The smallest absolute Gasteiger partial charge is 0.175 e. The highest BCUT2D eigenvalue weighted by Gasteiger charge is 2.32. The van der Waals surface area contributed by atoms with E-state index in [0.717, 1.165) is 38.3 Å². The van der Waals surface area contributed by atoms with Crippen molar-refractivity contribution in [1.29, 1.82) is 0 Å². The van der Waals surface area contributed by atoms with Gasteiger partial charge in [-0.1, -0.05) is 0 Å². The Morgan fingerprint density at radius 2 is 2.20 bits per heavy atom. The first-order valence-electron chi connectivity index (χ1n) is 5.25. The Labute approximate surface area is 88.8 Å². The normalized spacial score (nSPS) is 20.4. The van der Waals surface area contributed by atoms with Crippen molar-refractivity contribution in [2.75, 3.05) is 19.8 Å². The number of hydrogen-bond donors (Lipinski definition) is 1. The molecule has 15 heavy (non-hydrogen) atoms. The lowest BCUT2D eigenvalue weighted by Gasteiger charge is -2.35. The van der Waals surface area contributed by atoms with Crippen LogP contribution in [0, 0.1) is 5.41 Å². The molecule has 0 spiro atoms. The molecule has 2 N–H and O–H groups in total. The standard InChI is InChI=1S/C9H17N5O/c1-14-12-8(11-13-14)6-9(7-10)2-4-15-5-3-9/h2-7,10H2,1H3. The molecule has 1 saturated heterocycles. The molecule has 0 atom stereocenters. The Hall–Kier alpha value is -1.01. The van der Waals surface area contributed by atoms with Crippen molar-refractivity contribution >= 4 is 0 Å². The first-order chi connectivity index (χ1) is 7.24. The fraction of sp³-hybridized carbons (Fsp3) is 0.889. The number of nitrogens with two attached hydrogens (primary N) is 1. The van der Waals surface area contributed by atoms with E-state index < -0.39 is 0 Å². The fourth-order valence-electron chi connectivity index (χ4n) is 1.99. The van der Waals surface area contributed by atoms with Gasteiger partial charge in [-0.25, -0.2) is 0 Å². The largest absolute Gasteiger partial charge is 0.381 e. The quantitative estimate of drug-likeness (QED) is 0.729. The van der Waals surface area contributed by atoms with Gasteiger partial charge in [0.2, 0.25) is 0 Å². The van der Waals surface area contributed by atoms with Crippen LogP contribution in [0.5, 0.6) is 0 Å². The van der Waals surface area contributed by atoms with Crippen molar-refractivity contribution in [2.45, 2.75) is 19.3 Å². The maximum Gasteiger partial charge on any atom is 0.175 e. The van der Waals surface area contributed by atoms with E-state index in [1.165, 1.54) is 4.80 Å². The zero-order valence-corrected chi connectivity index (χ0v) is 9.02. The van der Waals surface area contributed by atoms with Gasteiger partial charge in [0.25, 0.3) is 0 Å². The summed E-state index contributed by atoms with van der Waals surface area (Å²) in [5.74, 6) is 0.782. The molecule has 2 heterocycles. The minimum Gasteiger partial charge on any atom is -0.381 e. The highest BCUT2D eigenvalue weighted by atomic mass is 16.5. The van der Waals surface area contributed by atoms with Gasteiger partial charge in [0, 0.05) is 19.6 Å². The number of aryl methyl sites for hydroxylation is 1. The summed E-state index contributed by atoms with van der Waals surface area (Å²) in [6.07, 6.45) is 2.78. The summed E-state index contributed by atoms with van der Waals surface area (Å²) in [7, 11) is 1.77. The summed E-state index contributed by atoms with van der Waals surface area (Å²) in [4.78, 5) is 1.48. The molecule has 0 aliphatic carbocycles. The second kappa shape index (κ2) is 4.24.